The number of pyridine rings is 1. The Morgan fingerprint density at radius 2 is 1.94 bits per heavy atom. The molecule has 0 unspecified atom stereocenters. The van der Waals surface area contributed by atoms with Crippen LogP contribution in [0, 0.1) is 12.7 Å². The molecule has 184 valence electrons. The molecule has 10 heteroatoms. The van der Waals surface area contributed by atoms with Crippen molar-refractivity contribution in [1.82, 2.24) is 20.0 Å². The number of aryl methyl sites for hydroxylation is 1. The van der Waals surface area contributed by atoms with E-state index >= 15 is 0 Å². The van der Waals surface area contributed by atoms with Gasteiger partial charge in [0.15, 0.2) is 0 Å². The van der Waals surface area contributed by atoms with Crippen molar-refractivity contribution in [3.05, 3.63) is 78.0 Å². The highest BCUT2D eigenvalue weighted by atomic mass is 19.1. The number of carbonyl (C=O) groups excluding carboxylic acids is 1. The van der Waals surface area contributed by atoms with Gasteiger partial charge in [-0.15, -0.1) is 5.10 Å². The van der Waals surface area contributed by atoms with Crippen LogP contribution in [-0.4, -0.2) is 59.3 Å². The van der Waals surface area contributed by atoms with E-state index in [0.29, 0.717) is 49.1 Å². The number of hydrogen-bond donors (Lipinski definition) is 1. The van der Waals surface area contributed by atoms with E-state index in [1.54, 1.807) is 48.6 Å². The summed E-state index contributed by atoms with van der Waals surface area (Å²) in [5.41, 5.74) is 4.54. The van der Waals surface area contributed by atoms with E-state index in [4.69, 9.17) is 9.47 Å². The molecule has 0 radical (unpaired) electrons. The average Bonchev–Trinajstić information content (AvgIpc) is 3.40. The number of carbonyl (C=O) groups is 1. The molecule has 0 saturated carbocycles. The molecule has 0 atom stereocenters. The second-order valence-corrected chi connectivity index (χ2v) is 8.41. The van der Waals surface area contributed by atoms with E-state index < -0.39 is 11.7 Å². The topological polar surface area (TPSA) is 94.4 Å². The summed E-state index contributed by atoms with van der Waals surface area (Å²) in [7, 11) is 1.58. The first kappa shape index (κ1) is 23.4. The Bertz CT molecular complexity index is 1400. The average molecular weight is 489 g/mol. The first-order valence-electron chi connectivity index (χ1n) is 11.5. The van der Waals surface area contributed by atoms with Gasteiger partial charge in [0.1, 0.15) is 17.3 Å². The Balaban J connectivity index is 1.37. The van der Waals surface area contributed by atoms with Crippen molar-refractivity contribution >= 4 is 17.3 Å². The molecule has 36 heavy (non-hydrogen) atoms. The van der Waals surface area contributed by atoms with Crippen LogP contribution in [0.5, 0.6) is 5.75 Å². The summed E-state index contributed by atoms with van der Waals surface area (Å²) in [6.07, 6.45) is 5.09. The van der Waals surface area contributed by atoms with E-state index in [1.807, 2.05) is 24.0 Å². The first-order chi connectivity index (χ1) is 17.5. The highest BCUT2D eigenvalue weighted by Gasteiger charge is 2.16. The largest absolute Gasteiger partial charge is 0.495 e. The van der Waals surface area contributed by atoms with Crippen molar-refractivity contribution in [2.24, 2.45) is 0 Å². The van der Waals surface area contributed by atoms with Crippen LogP contribution in [0.3, 0.4) is 0 Å². The highest BCUT2D eigenvalue weighted by Crippen LogP contribution is 2.25. The third-order valence-electron chi connectivity index (χ3n) is 5.97. The minimum atomic E-state index is -0.462. The molecule has 9 nitrogen and oxygen atoms in total. The molecule has 0 bridgehead atoms. The SMILES string of the molecule is COc1cncc(-c2cn(-c3cc(NC(=O)c4cc(F)cc(N5CCOCC5)c4)ccc3C)nn2)c1. The second kappa shape index (κ2) is 10.1. The van der Waals surface area contributed by atoms with Gasteiger partial charge in [-0.1, -0.05) is 11.3 Å². The van der Waals surface area contributed by atoms with Gasteiger partial charge in [-0.3, -0.25) is 9.78 Å². The number of halogens is 1. The Labute approximate surface area is 207 Å². The number of morpholine rings is 1. The van der Waals surface area contributed by atoms with E-state index in [1.165, 1.54) is 12.1 Å². The van der Waals surface area contributed by atoms with Crippen molar-refractivity contribution in [1.29, 1.82) is 0 Å². The van der Waals surface area contributed by atoms with Crippen molar-refractivity contribution < 1.29 is 18.7 Å². The molecule has 0 aliphatic carbocycles. The number of amides is 1. The Hall–Kier alpha value is -4.31. The maximum absolute atomic E-state index is 14.3. The van der Waals surface area contributed by atoms with E-state index in [9.17, 15) is 9.18 Å². The number of ether oxygens (including phenoxy) is 2. The van der Waals surface area contributed by atoms with Gasteiger partial charge in [-0.2, -0.15) is 0 Å². The number of nitrogens with zero attached hydrogens (tertiary/aromatic N) is 5. The smallest absolute Gasteiger partial charge is 0.255 e. The van der Waals surface area contributed by atoms with Gasteiger partial charge >= 0.3 is 0 Å². The molecule has 4 aromatic rings. The zero-order valence-electron chi connectivity index (χ0n) is 19.9. The molecule has 0 spiro atoms. The first-order valence-corrected chi connectivity index (χ1v) is 11.5. The number of nitrogens with one attached hydrogen (secondary N) is 1. The second-order valence-electron chi connectivity index (χ2n) is 8.41. The van der Waals surface area contributed by atoms with Crippen molar-refractivity contribution in [3.63, 3.8) is 0 Å². The Morgan fingerprint density at radius 1 is 1.11 bits per heavy atom. The van der Waals surface area contributed by atoms with Crippen LogP contribution in [0.1, 0.15) is 15.9 Å². The van der Waals surface area contributed by atoms with Gasteiger partial charge in [0.05, 0.1) is 38.4 Å². The molecule has 1 fully saturated rings. The van der Waals surface area contributed by atoms with Crippen molar-refractivity contribution in [2.45, 2.75) is 6.92 Å². The minimum absolute atomic E-state index is 0.243. The maximum Gasteiger partial charge on any atom is 0.255 e. The molecule has 2 aromatic heterocycles. The van der Waals surface area contributed by atoms with Crippen LogP contribution in [0.25, 0.3) is 16.9 Å². The van der Waals surface area contributed by atoms with Gasteiger partial charge in [0.25, 0.3) is 5.91 Å². The number of rotatable bonds is 6. The summed E-state index contributed by atoms with van der Waals surface area (Å²) in [4.78, 5) is 19.2. The zero-order valence-corrected chi connectivity index (χ0v) is 19.9. The molecule has 1 amide bonds. The van der Waals surface area contributed by atoms with Crippen molar-refractivity contribution in [3.8, 4) is 22.7 Å². The fraction of sp³-hybridized carbons (Fsp3) is 0.231. The van der Waals surface area contributed by atoms with Crippen molar-refractivity contribution in [2.75, 3.05) is 43.6 Å². The Kier molecular flexibility index (Phi) is 6.59. The van der Waals surface area contributed by atoms with Gasteiger partial charge in [0, 0.05) is 41.8 Å². The molecule has 3 heterocycles. The molecule has 1 N–H and O–H groups in total. The lowest BCUT2D eigenvalue weighted by Crippen LogP contribution is -2.36. The van der Waals surface area contributed by atoms with E-state index in [0.717, 1.165) is 16.8 Å². The fourth-order valence-electron chi connectivity index (χ4n) is 4.03. The lowest BCUT2D eigenvalue weighted by Gasteiger charge is -2.29. The summed E-state index contributed by atoms with van der Waals surface area (Å²) in [5, 5.41) is 11.4. The van der Waals surface area contributed by atoms with Gasteiger partial charge in [-0.05, 0) is 48.9 Å². The minimum Gasteiger partial charge on any atom is -0.495 e. The quantitative estimate of drug-likeness (QED) is 0.440. The molecule has 1 saturated heterocycles. The predicted molar refractivity (Wildman–Crippen MR) is 133 cm³/mol. The third kappa shape index (κ3) is 5.03. The normalized spacial score (nSPS) is 13.5. The number of benzene rings is 2. The number of methoxy groups -OCH3 is 1. The molecule has 5 rings (SSSR count). The molecule has 1 aliphatic rings. The Morgan fingerprint density at radius 3 is 2.75 bits per heavy atom. The molecular formula is C26H25FN6O3. The lowest BCUT2D eigenvalue weighted by atomic mass is 10.1. The van der Waals surface area contributed by atoms with Gasteiger partial charge < -0.3 is 19.7 Å². The summed E-state index contributed by atoms with van der Waals surface area (Å²) < 4.78 is 26.6. The van der Waals surface area contributed by atoms with Crippen LogP contribution in [0.4, 0.5) is 15.8 Å². The van der Waals surface area contributed by atoms with Crippen LogP contribution in [-0.2, 0) is 4.74 Å². The number of aromatic nitrogens is 4. The van der Waals surface area contributed by atoms with E-state index in [2.05, 4.69) is 20.6 Å². The highest BCUT2D eigenvalue weighted by molar-refractivity contribution is 6.05. The maximum atomic E-state index is 14.3. The monoisotopic (exact) mass is 488 g/mol. The number of hydrogen-bond acceptors (Lipinski definition) is 7. The van der Waals surface area contributed by atoms with Crippen LogP contribution >= 0.6 is 0 Å². The zero-order chi connectivity index (χ0) is 25.1. The number of anilines is 2. The summed E-state index contributed by atoms with van der Waals surface area (Å²) >= 11 is 0. The van der Waals surface area contributed by atoms with Crippen LogP contribution < -0.4 is 15.0 Å². The lowest BCUT2D eigenvalue weighted by molar-refractivity contribution is 0.102. The molecule has 1 aliphatic heterocycles. The predicted octanol–water partition coefficient (Wildman–Crippen LogP) is 3.87. The van der Waals surface area contributed by atoms with Crippen LogP contribution in [0.2, 0.25) is 0 Å². The van der Waals surface area contributed by atoms with Gasteiger partial charge in [0.2, 0.25) is 0 Å². The molecule has 2 aromatic carbocycles. The van der Waals surface area contributed by atoms with E-state index in [-0.39, 0.29) is 5.56 Å². The third-order valence-corrected chi connectivity index (χ3v) is 5.97. The fourth-order valence-corrected chi connectivity index (χ4v) is 4.03. The molecular weight excluding hydrogens is 463 g/mol. The summed E-state index contributed by atoms with van der Waals surface area (Å²) in [6, 6.07) is 11.7. The summed E-state index contributed by atoms with van der Waals surface area (Å²) in [6.45, 7) is 4.39. The standard InChI is InChI=1S/C26H25FN6O3/c1-17-3-4-21(13-25(17)33-16-24(30-31-33)19-11-23(35-2)15-28-14-19)29-26(34)18-9-20(27)12-22(10-18)32-5-7-36-8-6-32/h3-4,9-16H,5-8H2,1-2H3,(H,29,34). The summed E-state index contributed by atoms with van der Waals surface area (Å²) in [5.74, 6) is -0.242. The van der Waals surface area contributed by atoms with Gasteiger partial charge in [-0.25, -0.2) is 9.07 Å². The van der Waals surface area contributed by atoms with Crippen LogP contribution in [0.15, 0.2) is 61.1 Å².